The van der Waals surface area contributed by atoms with E-state index in [-0.39, 0.29) is 49.0 Å². The minimum atomic E-state index is -0.738. The van der Waals surface area contributed by atoms with Crippen LogP contribution in [0.4, 0.5) is 0 Å². The number of esters is 4. The number of hydrogen-bond acceptors (Lipinski definition) is 8. The monoisotopic (exact) mass is 396 g/mol. The molecule has 2 aliphatic carbocycles. The highest BCUT2D eigenvalue weighted by atomic mass is 16.6. The van der Waals surface area contributed by atoms with Gasteiger partial charge in [0.15, 0.2) is 0 Å². The second-order valence-corrected chi connectivity index (χ2v) is 8.52. The summed E-state index contributed by atoms with van der Waals surface area (Å²) in [5, 5.41) is 0. The fraction of sp³-hybridized carbons (Fsp3) is 0.800. The second-order valence-electron chi connectivity index (χ2n) is 8.52. The van der Waals surface area contributed by atoms with Crippen molar-refractivity contribution in [2.45, 2.75) is 65.1 Å². The molecule has 0 N–H and O–H groups in total. The summed E-state index contributed by atoms with van der Waals surface area (Å²) in [4.78, 5) is 47.5. The standard InChI is InChI=1S/C20H28O8/c1-4-5-20(2,3)19(24)26-7-6-25-14(21)10-15(22)27-16-11-8-12-13(9-11)18(23)28-17(12)16/h11-13,16-17H,4-10H2,1-3H3. The maximum Gasteiger partial charge on any atom is 0.317 e. The van der Waals surface area contributed by atoms with Gasteiger partial charge in [-0.2, -0.15) is 0 Å². The van der Waals surface area contributed by atoms with Crippen LogP contribution in [0.15, 0.2) is 0 Å². The Balaban J connectivity index is 1.34. The Labute approximate surface area is 164 Å². The Hall–Kier alpha value is -2.12. The molecular weight excluding hydrogens is 368 g/mol. The molecule has 0 spiro atoms. The van der Waals surface area contributed by atoms with Gasteiger partial charge in [-0.3, -0.25) is 19.2 Å². The minimum absolute atomic E-state index is 0.0556. The van der Waals surface area contributed by atoms with Crippen LogP contribution in [0.3, 0.4) is 0 Å². The summed E-state index contributed by atoms with van der Waals surface area (Å²) >= 11 is 0. The van der Waals surface area contributed by atoms with Crippen molar-refractivity contribution in [1.82, 2.24) is 0 Å². The van der Waals surface area contributed by atoms with Crippen molar-refractivity contribution in [2.24, 2.45) is 23.2 Å². The van der Waals surface area contributed by atoms with Crippen LogP contribution in [-0.4, -0.2) is 49.3 Å². The first-order valence-corrected chi connectivity index (χ1v) is 9.95. The fourth-order valence-corrected chi connectivity index (χ4v) is 4.64. The van der Waals surface area contributed by atoms with Gasteiger partial charge in [0.1, 0.15) is 31.8 Å². The van der Waals surface area contributed by atoms with Crippen LogP contribution in [0.1, 0.15) is 52.9 Å². The van der Waals surface area contributed by atoms with Gasteiger partial charge in [-0.1, -0.05) is 13.3 Å². The van der Waals surface area contributed by atoms with Crippen molar-refractivity contribution < 1.29 is 38.1 Å². The Morgan fingerprint density at radius 1 is 1.11 bits per heavy atom. The number of carbonyl (C=O) groups is 4. The second kappa shape index (κ2) is 8.09. The molecule has 8 nitrogen and oxygen atoms in total. The Morgan fingerprint density at radius 2 is 1.82 bits per heavy atom. The molecule has 0 radical (unpaired) electrons. The molecule has 1 saturated heterocycles. The number of ether oxygens (including phenoxy) is 4. The van der Waals surface area contributed by atoms with Crippen molar-refractivity contribution >= 4 is 23.9 Å². The van der Waals surface area contributed by atoms with Gasteiger partial charge in [-0.25, -0.2) is 0 Å². The van der Waals surface area contributed by atoms with E-state index in [1.165, 1.54) is 0 Å². The quantitative estimate of drug-likeness (QED) is 0.251. The third-order valence-corrected chi connectivity index (χ3v) is 5.98. The third-order valence-electron chi connectivity index (χ3n) is 5.98. The lowest BCUT2D eigenvalue weighted by atomic mass is 9.88. The lowest BCUT2D eigenvalue weighted by molar-refractivity contribution is -0.168. The van der Waals surface area contributed by atoms with E-state index < -0.39 is 29.9 Å². The van der Waals surface area contributed by atoms with Crippen LogP contribution in [0.25, 0.3) is 0 Å². The van der Waals surface area contributed by atoms with Crippen molar-refractivity contribution in [2.75, 3.05) is 13.2 Å². The SMILES string of the molecule is CCCC(C)(C)C(=O)OCCOC(=O)CC(=O)OC1C2CC3C(=O)OC1C3C2. The van der Waals surface area contributed by atoms with Gasteiger partial charge >= 0.3 is 23.9 Å². The summed E-state index contributed by atoms with van der Waals surface area (Å²) < 4.78 is 20.8. The van der Waals surface area contributed by atoms with E-state index in [0.717, 1.165) is 12.8 Å². The Kier molecular flexibility index (Phi) is 5.95. The van der Waals surface area contributed by atoms with E-state index >= 15 is 0 Å². The van der Waals surface area contributed by atoms with E-state index in [4.69, 9.17) is 18.9 Å². The van der Waals surface area contributed by atoms with Crippen LogP contribution in [0.2, 0.25) is 0 Å². The first kappa shape index (κ1) is 20.6. The average Bonchev–Trinajstić information content (AvgIpc) is 3.23. The molecule has 5 atom stereocenters. The third kappa shape index (κ3) is 4.15. The first-order chi connectivity index (χ1) is 13.2. The zero-order valence-corrected chi connectivity index (χ0v) is 16.6. The highest BCUT2D eigenvalue weighted by Crippen LogP contribution is 2.55. The van der Waals surface area contributed by atoms with Gasteiger partial charge in [0, 0.05) is 11.8 Å². The van der Waals surface area contributed by atoms with Crippen LogP contribution in [-0.2, 0) is 38.1 Å². The molecule has 0 aromatic rings. The zero-order valence-electron chi connectivity index (χ0n) is 16.6. The van der Waals surface area contributed by atoms with Gasteiger partial charge in [0.2, 0.25) is 0 Å². The Morgan fingerprint density at radius 3 is 2.54 bits per heavy atom. The molecule has 1 aliphatic heterocycles. The normalized spacial score (nSPS) is 30.1. The van der Waals surface area contributed by atoms with Crippen molar-refractivity contribution in [3.63, 3.8) is 0 Å². The van der Waals surface area contributed by atoms with Gasteiger partial charge in [-0.05, 0) is 33.1 Å². The number of fused-ring (bicyclic) bond motifs is 1. The molecule has 0 amide bonds. The lowest BCUT2D eigenvalue weighted by Crippen LogP contribution is -2.36. The first-order valence-electron chi connectivity index (χ1n) is 9.95. The molecule has 28 heavy (non-hydrogen) atoms. The largest absolute Gasteiger partial charge is 0.462 e. The molecule has 1 heterocycles. The zero-order chi connectivity index (χ0) is 20.5. The topological polar surface area (TPSA) is 105 Å². The van der Waals surface area contributed by atoms with Crippen LogP contribution >= 0.6 is 0 Å². The fourth-order valence-electron chi connectivity index (χ4n) is 4.64. The Bertz CT molecular complexity index is 655. The van der Waals surface area contributed by atoms with Crippen molar-refractivity contribution in [3.05, 3.63) is 0 Å². The molecule has 8 heteroatoms. The molecule has 0 aromatic heterocycles. The van der Waals surface area contributed by atoms with Crippen LogP contribution < -0.4 is 0 Å². The molecule has 3 aliphatic rings. The maximum absolute atomic E-state index is 12.0. The summed E-state index contributed by atoms with van der Waals surface area (Å²) in [5.74, 6) is -1.77. The predicted octanol–water partition coefficient (Wildman–Crippen LogP) is 1.78. The van der Waals surface area contributed by atoms with Crippen LogP contribution in [0, 0.1) is 23.2 Å². The molecule has 3 fully saturated rings. The summed E-state index contributed by atoms with van der Waals surface area (Å²) in [6.07, 6.45) is 1.72. The molecule has 5 unspecified atom stereocenters. The summed E-state index contributed by atoms with van der Waals surface area (Å²) in [5.41, 5.74) is -0.577. The molecule has 3 rings (SSSR count). The smallest absolute Gasteiger partial charge is 0.317 e. The minimum Gasteiger partial charge on any atom is -0.462 e. The van der Waals surface area contributed by atoms with Crippen molar-refractivity contribution in [1.29, 1.82) is 0 Å². The molecule has 156 valence electrons. The van der Waals surface area contributed by atoms with E-state index in [9.17, 15) is 19.2 Å². The van der Waals surface area contributed by atoms with Gasteiger partial charge in [0.25, 0.3) is 0 Å². The number of rotatable bonds is 9. The van der Waals surface area contributed by atoms with E-state index in [1.807, 2.05) is 6.92 Å². The van der Waals surface area contributed by atoms with Gasteiger partial charge < -0.3 is 18.9 Å². The summed E-state index contributed by atoms with van der Waals surface area (Å²) in [6, 6.07) is 0. The molecule has 2 saturated carbocycles. The van der Waals surface area contributed by atoms with E-state index in [2.05, 4.69) is 0 Å². The van der Waals surface area contributed by atoms with Crippen LogP contribution in [0.5, 0.6) is 0 Å². The van der Waals surface area contributed by atoms with E-state index in [1.54, 1.807) is 13.8 Å². The number of carbonyl (C=O) groups excluding carboxylic acids is 4. The van der Waals surface area contributed by atoms with Gasteiger partial charge in [-0.15, -0.1) is 0 Å². The summed E-state index contributed by atoms with van der Waals surface area (Å²) in [6.45, 7) is 5.43. The molecule has 0 aromatic carbocycles. The predicted molar refractivity (Wildman–Crippen MR) is 94.7 cm³/mol. The van der Waals surface area contributed by atoms with Gasteiger partial charge in [0.05, 0.1) is 11.3 Å². The number of hydrogen-bond donors (Lipinski definition) is 0. The maximum atomic E-state index is 12.0. The average molecular weight is 396 g/mol. The van der Waals surface area contributed by atoms with Crippen molar-refractivity contribution in [3.8, 4) is 0 Å². The lowest BCUT2D eigenvalue weighted by Gasteiger charge is -2.25. The summed E-state index contributed by atoms with van der Waals surface area (Å²) in [7, 11) is 0. The molecule has 2 bridgehead atoms. The molecular formula is C20H28O8. The highest BCUT2D eigenvalue weighted by molar-refractivity contribution is 5.91. The highest BCUT2D eigenvalue weighted by Gasteiger charge is 2.63. The van der Waals surface area contributed by atoms with E-state index in [0.29, 0.717) is 12.8 Å².